The first-order valence-electron chi connectivity index (χ1n) is 11.2. The van der Waals surface area contributed by atoms with Gasteiger partial charge in [-0.15, -0.1) is 11.3 Å². The number of carbonyl (C=O) groups excluding carboxylic acids is 1. The predicted molar refractivity (Wildman–Crippen MR) is 138 cm³/mol. The Kier molecular flexibility index (Phi) is 6.84. The molecule has 0 radical (unpaired) electrons. The molecule has 0 spiro atoms. The number of amides is 1. The van der Waals surface area contributed by atoms with Crippen LogP contribution in [0.15, 0.2) is 46.0 Å². The largest absolute Gasteiger partial charge is 0.330 e. The summed E-state index contributed by atoms with van der Waals surface area (Å²) < 4.78 is 30.5. The minimum Gasteiger partial charge on any atom is -0.330 e. The fourth-order valence-corrected chi connectivity index (χ4v) is 6.91. The standard InChI is InChI=1S/C22H25N7O3S3/c23-7-2-8-28-9-3-10-29-16(14-28)13-18(26-29)21(30)25-22-24-17-6-5-15(12-19(17)34-22)27-35(31,32)20-4-1-11-33-20/h1,4-6,11-13,27H,2-3,7-10,14,23H2,(H,24,25,30). The lowest BCUT2D eigenvalue weighted by molar-refractivity contribution is 0.102. The number of nitrogens with one attached hydrogen (secondary N) is 2. The van der Waals surface area contributed by atoms with Crippen LogP contribution in [0.25, 0.3) is 10.2 Å². The number of nitrogens with zero attached hydrogens (tertiary/aromatic N) is 4. The van der Waals surface area contributed by atoms with Crippen LogP contribution in [-0.2, 0) is 23.1 Å². The number of hydrogen-bond donors (Lipinski definition) is 3. The summed E-state index contributed by atoms with van der Waals surface area (Å²) in [5.74, 6) is -0.322. The molecule has 1 aliphatic heterocycles. The summed E-state index contributed by atoms with van der Waals surface area (Å²) >= 11 is 2.43. The molecule has 0 bridgehead atoms. The molecular formula is C22H25N7O3S3. The number of benzene rings is 1. The van der Waals surface area contributed by atoms with Crippen molar-refractivity contribution in [2.24, 2.45) is 5.73 Å². The van der Waals surface area contributed by atoms with Crippen molar-refractivity contribution in [3.8, 4) is 0 Å². The van der Waals surface area contributed by atoms with Crippen LogP contribution >= 0.6 is 22.7 Å². The Hall–Kier alpha value is -2.84. The van der Waals surface area contributed by atoms with E-state index in [4.69, 9.17) is 5.73 Å². The number of hydrogen-bond acceptors (Lipinski definition) is 9. The van der Waals surface area contributed by atoms with Crippen molar-refractivity contribution in [1.82, 2.24) is 19.7 Å². The van der Waals surface area contributed by atoms with Crippen molar-refractivity contribution in [3.05, 3.63) is 53.2 Å². The molecule has 0 unspecified atom stereocenters. The zero-order chi connectivity index (χ0) is 24.4. The first-order chi connectivity index (χ1) is 16.9. The molecule has 0 atom stereocenters. The summed E-state index contributed by atoms with van der Waals surface area (Å²) in [5.41, 5.74) is 8.11. The lowest BCUT2D eigenvalue weighted by atomic mass is 10.3. The van der Waals surface area contributed by atoms with E-state index in [1.807, 2.05) is 10.7 Å². The molecule has 1 amide bonds. The van der Waals surface area contributed by atoms with Crippen LogP contribution in [0.1, 0.15) is 29.0 Å². The SMILES string of the molecule is NCCCN1CCCn2nc(C(=O)Nc3nc4ccc(NS(=O)(=O)c5cccs5)cc4s3)cc2C1. The third-order valence-electron chi connectivity index (χ3n) is 5.63. The number of nitrogens with two attached hydrogens (primary N) is 1. The minimum atomic E-state index is -3.64. The minimum absolute atomic E-state index is 0.246. The van der Waals surface area contributed by atoms with Crippen molar-refractivity contribution < 1.29 is 13.2 Å². The maximum atomic E-state index is 12.9. The molecule has 4 heterocycles. The lowest BCUT2D eigenvalue weighted by Crippen LogP contribution is -2.26. The van der Waals surface area contributed by atoms with E-state index in [0.717, 1.165) is 60.8 Å². The first-order valence-corrected chi connectivity index (χ1v) is 14.4. The molecule has 3 aromatic heterocycles. The highest BCUT2D eigenvalue weighted by atomic mass is 32.2. The zero-order valence-electron chi connectivity index (χ0n) is 18.8. The van der Waals surface area contributed by atoms with E-state index in [9.17, 15) is 13.2 Å². The van der Waals surface area contributed by atoms with E-state index in [-0.39, 0.29) is 10.1 Å². The van der Waals surface area contributed by atoms with Crippen molar-refractivity contribution in [2.45, 2.75) is 30.1 Å². The molecule has 13 heteroatoms. The summed E-state index contributed by atoms with van der Waals surface area (Å²) in [4.78, 5) is 19.7. The molecule has 184 valence electrons. The summed E-state index contributed by atoms with van der Waals surface area (Å²) in [7, 11) is -3.64. The van der Waals surface area contributed by atoms with Gasteiger partial charge in [-0.05, 0) is 61.6 Å². The highest BCUT2D eigenvalue weighted by molar-refractivity contribution is 7.94. The van der Waals surface area contributed by atoms with Crippen molar-refractivity contribution in [2.75, 3.05) is 29.7 Å². The van der Waals surface area contributed by atoms with Gasteiger partial charge in [-0.1, -0.05) is 17.4 Å². The molecule has 0 fully saturated rings. The molecular weight excluding hydrogens is 506 g/mol. The number of thiophene rings is 1. The van der Waals surface area contributed by atoms with Gasteiger partial charge in [-0.3, -0.25) is 24.4 Å². The Morgan fingerprint density at radius 1 is 1.20 bits per heavy atom. The molecule has 4 N–H and O–H groups in total. The highest BCUT2D eigenvalue weighted by Crippen LogP contribution is 2.30. The van der Waals surface area contributed by atoms with E-state index in [1.54, 1.807) is 35.7 Å². The van der Waals surface area contributed by atoms with E-state index in [2.05, 4.69) is 25.0 Å². The van der Waals surface area contributed by atoms with Crippen LogP contribution in [-0.4, -0.2) is 53.6 Å². The number of sulfonamides is 1. The monoisotopic (exact) mass is 531 g/mol. The number of aromatic nitrogens is 3. The average Bonchev–Trinajstić information content (AvgIpc) is 3.55. The van der Waals surface area contributed by atoms with Gasteiger partial charge >= 0.3 is 0 Å². The molecule has 1 aliphatic rings. The van der Waals surface area contributed by atoms with Gasteiger partial charge in [0.2, 0.25) is 0 Å². The first kappa shape index (κ1) is 23.9. The van der Waals surface area contributed by atoms with Crippen molar-refractivity contribution in [3.63, 3.8) is 0 Å². The third kappa shape index (κ3) is 5.38. The summed E-state index contributed by atoms with van der Waals surface area (Å²) in [5, 5.41) is 9.48. The van der Waals surface area contributed by atoms with Gasteiger partial charge in [-0.2, -0.15) is 5.10 Å². The van der Waals surface area contributed by atoms with Gasteiger partial charge in [0, 0.05) is 19.6 Å². The van der Waals surface area contributed by atoms with Gasteiger partial charge in [0.15, 0.2) is 10.8 Å². The normalized spacial score (nSPS) is 14.5. The summed E-state index contributed by atoms with van der Waals surface area (Å²) in [6.07, 6.45) is 1.91. The second kappa shape index (κ2) is 10.0. The number of fused-ring (bicyclic) bond motifs is 2. The Bertz CT molecular complexity index is 1440. The molecule has 35 heavy (non-hydrogen) atoms. The Labute approximate surface area is 210 Å². The van der Waals surface area contributed by atoms with Crippen LogP contribution in [0.3, 0.4) is 0 Å². The van der Waals surface area contributed by atoms with Crippen LogP contribution < -0.4 is 15.8 Å². The van der Waals surface area contributed by atoms with E-state index in [1.165, 1.54) is 11.3 Å². The van der Waals surface area contributed by atoms with Crippen LogP contribution in [0, 0.1) is 0 Å². The Balaban J connectivity index is 1.29. The van der Waals surface area contributed by atoms with Crippen LogP contribution in [0.4, 0.5) is 10.8 Å². The van der Waals surface area contributed by atoms with Crippen LogP contribution in [0.2, 0.25) is 0 Å². The fourth-order valence-electron chi connectivity index (χ4n) is 3.97. The maximum Gasteiger partial charge on any atom is 0.277 e. The smallest absolute Gasteiger partial charge is 0.277 e. The number of aryl methyl sites for hydroxylation is 1. The second-order valence-corrected chi connectivity index (χ2v) is 12.1. The maximum absolute atomic E-state index is 12.9. The Morgan fingerprint density at radius 2 is 2.09 bits per heavy atom. The number of thiazole rings is 1. The van der Waals surface area contributed by atoms with E-state index < -0.39 is 10.0 Å². The zero-order valence-corrected chi connectivity index (χ0v) is 21.3. The van der Waals surface area contributed by atoms with Gasteiger partial charge in [0.05, 0.1) is 21.6 Å². The quantitative estimate of drug-likeness (QED) is 0.318. The van der Waals surface area contributed by atoms with Crippen LogP contribution in [0.5, 0.6) is 0 Å². The second-order valence-electron chi connectivity index (χ2n) is 8.21. The summed E-state index contributed by atoms with van der Waals surface area (Å²) in [6.45, 7) is 4.09. The number of rotatable bonds is 8. The van der Waals surface area contributed by atoms with Gasteiger partial charge in [-0.25, -0.2) is 13.4 Å². The third-order valence-corrected chi connectivity index (χ3v) is 9.34. The number of anilines is 2. The van der Waals surface area contributed by atoms with Gasteiger partial charge in [0.25, 0.3) is 15.9 Å². The Morgan fingerprint density at radius 3 is 2.89 bits per heavy atom. The van der Waals surface area contributed by atoms with E-state index in [0.29, 0.717) is 28.6 Å². The fraction of sp³-hybridized carbons (Fsp3) is 0.318. The lowest BCUT2D eigenvalue weighted by Gasteiger charge is -2.18. The topological polar surface area (TPSA) is 135 Å². The molecule has 5 rings (SSSR count). The summed E-state index contributed by atoms with van der Waals surface area (Å²) in [6, 6.07) is 10.2. The van der Waals surface area contributed by atoms with E-state index >= 15 is 0 Å². The van der Waals surface area contributed by atoms with Gasteiger partial charge in [0.1, 0.15) is 4.21 Å². The number of carbonyl (C=O) groups is 1. The molecule has 0 saturated heterocycles. The van der Waals surface area contributed by atoms with Crippen molar-refractivity contribution >= 4 is 59.6 Å². The van der Waals surface area contributed by atoms with Gasteiger partial charge < -0.3 is 5.73 Å². The predicted octanol–water partition coefficient (Wildman–Crippen LogP) is 3.16. The molecule has 0 saturated carbocycles. The van der Waals surface area contributed by atoms with Crippen molar-refractivity contribution in [1.29, 1.82) is 0 Å². The highest BCUT2D eigenvalue weighted by Gasteiger charge is 2.21. The molecule has 0 aliphatic carbocycles. The molecule has 4 aromatic rings. The molecule has 10 nitrogen and oxygen atoms in total. The molecule has 1 aromatic carbocycles. The average molecular weight is 532 g/mol.